The molecule has 1 aliphatic carbocycles. The van der Waals surface area contributed by atoms with Crippen LogP contribution in [0.25, 0.3) is 11.4 Å². The lowest BCUT2D eigenvalue weighted by Crippen LogP contribution is -2.18. The quantitative estimate of drug-likeness (QED) is 0.294. The molecule has 182 valence electrons. The first kappa shape index (κ1) is 24.9. The fourth-order valence-electron chi connectivity index (χ4n) is 4.12. The van der Waals surface area contributed by atoms with Gasteiger partial charge in [-0.2, -0.15) is 0 Å². The Morgan fingerprint density at radius 1 is 1.32 bits per heavy atom. The number of hydrogen-bond donors (Lipinski definition) is 1. The lowest BCUT2D eigenvalue weighted by molar-refractivity contribution is -0.113. The number of esters is 1. The molecule has 4 rings (SSSR count). The molecule has 0 bridgehead atoms. The molecule has 0 spiro atoms. The second kappa shape index (κ2) is 11.0. The smallest absolute Gasteiger partial charge is 0.341 e. The van der Waals surface area contributed by atoms with E-state index in [1.165, 1.54) is 32.9 Å². The number of amides is 1. The van der Waals surface area contributed by atoms with Gasteiger partial charge in [-0.1, -0.05) is 32.0 Å². The Kier molecular flexibility index (Phi) is 8.10. The first-order valence-corrected chi connectivity index (χ1v) is 14.3. The predicted octanol–water partition coefficient (Wildman–Crippen LogP) is 5.59. The van der Waals surface area contributed by atoms with Crippen LogP contribution in [-0.2, 0) is 35.8 Å². The number of thioether (sulfide) groups is 1. The number of nitrogens with one attached hydrogen (secondary N) is 1. The summed E-state index contributed by atoms with van der Waals surface area (Å²) in [5.74, 6) is 1.02. The molecule has 0 saturated carbocycles. The monoisotopic (exact) mass is 518 g/mol. The van der Waals surface area contributed by atoms with E-state index in [0.717, 1.165) is 49.1 Å². The van der Waals surface area contributed by atoms with E-state index < -0.39 is 0 Å². The van der Waals surface area contributed by atoms with Gasteiger partial charge in [-0.05, 0) is 50.2 Å². The normalized spacial score (nSPS) is 15.2. The summed E-state index contributed by atoms with van der Waals surface area (Å²) in [5.41, 5.74) is 2.63. The van der Waals surface area contributed by atoms with Gasteiger partial charge in [0.05, 0.1) is 17.9 Å². The lowest BCUT2D eigenvalue weighted by atomic mass is 9.88. The maximum atomic E-state index is 12.8. The first-order chi connectivity index (χ1) is 16.4. The van der Waals surface area contributed by atoms with Crippen LogP contribution in [0.3, 0.4) is 0 Å². The Morgan fingerprint density at radius 3 is 2.91 bits per heavy atom. The molecule has 3 aromatic rings. The molecule has 3 heterocycles. The number of aromatic nitrogens is 3. The summed E-state index contributed by atoms with van der Waals surface area (Å²) in [6, 6.07) is 2.16. The number of anilines is 1. The zero-order chi connectivity index (χ0) is 24.2. The van der Waals surface area contributed by atoms with Crippen molar-refractivity contribution in [2.45, 2.75) is 58.0 Å². The average Bonchev–Trinajstić information content (AvgIpc) is 3.49. The van der Waals surface area contributed by atoms with Crippen molar-refractivity contribution in [1.82, 2.24) is 14.8 Å². The zero-order valence-corrected chi connectivity index (χ0v) is 22.4. The number of nitrogens with zero attached hydrogens (tertiary/aromatic N) is 3. The molecule has 1 aliphatic rings. The van der Waals surface area contributed by atoms with Crippen LogP contribution < -0.4 is 5.32 Å². The summed E-state index contributed by atoms with van der Waals surface area (Å²) in [6.45, 7) is 6.49. The molecule has 0 fully saturated rings. The van der Waals surface area contributed by atoms with Gasteiger partial charge < -0.3 is 14.6 Å². The highest BCUT2D eigenvalue weighted by atomic mass is 32.2. The number of fused-ring (bicyclic) bond motifs is 1. The van der Waals surface area contributed by atoms with Crippen molar-refractivity contribution in [2.75, 3.05) is 17.7 Å². The minimum atomic E-state index is -0.353. The summed E-state index contributed by atoms with van der Waals surface area (Å²) < 4.78 is 7.22. The number of carbonyl (C=O) groups is 2. The van der Waals surface area contributed by atoms with Crippen LogP contribution in [0.4, 0.5) is 5.00 Å². The molecular weight excluding hydrogens is 488 g/mol. The molecule has 1 unspecified atom stereocenters. The summed E-state index contributed by atoms with van der Waals surface area (Å²) >= 11 is 4.58. The highest BCUT2D eigenvalue weighted by Gasteiger charge is 2.29. The summed E-state index contributed by atoms with van der Waals surface area (Å²) in [6.07, 6.45) is 4.98. The van der Waals surface area contributed by atoms with Gasteiger partial charge in [0.15, 0.2) is 11.0 Å². The fraction of sp³-hybridized carbons (Fsp3) is 0.500. The second-order valence-corrected chi connectivity index (χ2v) is 11.6. The minimum Gasteiger partial charge on any atom is -0.462 e. The Balaban J connectivity index is 1.44. The Hall–Kier alpha value is -2.17. The molecule has 3 aromatic heterocycles. The number of hydrogen-bond acceptors (Lipinski definition) is 8. The molecule has 0 aliphatic heterocycles. The van der Waals surface area contributed by atoms with E-state index in [4.69, 9.17) is 4.74 Å². The third kappa shape index (κ3) is 5.39. The fourth-order valence-corrected chi connectivity index (χ4v) is 7.21. The molecule has 7 nitrogen and oxygen atoms in total. The van der Waals surface area contributed by atoms with Gasteiger partial charge in [-0.3, -0.25) is 4.79 Å². The van der Waals surface area contributed by atoms with Crippen molar-refractivity contribution >= 4 is 51.3 Å². The Bertz CT molecular complexity index is 1180. The summed E-state index contributed by atoms with van der Waals surface area (Å²) in [4.78, 5) is 28.0. The van der Waals surface area contributed by atoms with E-state index in [9.17, 15) is 9.59 Å². The largest absolute Gasteiger partial charge is 0.462 e. The van der Waals surface area contributed by atoms with Crippen molar-refractivity contribution in [2.24, 2.45) is 13.0 Å². The van der Waals surface area contributed by atoms with Crippen molar-refractivity contribution in [3.63, 3.8) is 0 Å². The lowest BCUT2D eigenvalue weighted by Gasteiger charge is -2.18. The van der Waals surface area contributed by atoms with Gasteiger partial charge >= 0.3 is 5.97 Å². The molecule has 0 radical (unpaired) electrons. The van der Waals surface area contributed by atoms with Gasteiger partial charge in [0, 0.05) is 27.7 Å². The molecule has 1 N–H and O–H groups in total. The highest BCUT2D eigenvalue weighted by molar-refractivity contribution is 7.99. The Morgan fingerprint density at radius 2 is 2.15 bits per heavy atom. The number of aryl methyl sites for hydroxylation is 1. The van der Waals surface area contributed by atoms with Gasteiger partial charge in [-0.15, -0.1) is 32.9 Å². The molecule has 1 atom stereocenters. The molecule has 1 amide bonds. The van der Waals surface area contributed by atoms with Crippen LogP contribution in [0, 0.1) is 5.92 Å². The molecular formula is C24H30N4O3S3. The number of ether oxygens (including phenoxy) is 1. The topological polar surface area (TPSA) is 86.1 Å². The van der Waals surface area contributed by atoms with Crippen LogP contribution in [0.2, 0.25) is 0 Å². The number of thiophene rings is 2. The van der Waals surface area contributed by atoms with E-state index in [2.05, 4.69) is 40.8 Å². The van der Waals surface area contributed by atoms with Crippen LogP contribution in [0.15, 0.2) is 16.6 Å². The Labute approximate surface area is 212 Å². The van der Waals surface area contributed by atoms with Gasteiger partial charge in [0.1, 0.15) is 5.00 Å². The van der Waals surface area contributed by atoms with Crippen LogP contribution in [0.1, 0.15) is 59.3 Å². The number of carbonyl (C=O) groups excluding carboxylic acids is 2. The maximum absolute atomic E-state index is 12.8. The molecule has 10 heteroatoms. The van der Waals surface area contributed by atoms with Gasteiger partial charge in [-0.25, -0.2) is 4.79 Å². The van der Waals surface area contributed by atoms with Gasteiger partial charge in [0.25, 0.3) is 0 Å². The SMILES string of the molecule is CCCc1cc(-c2nnc(SCC(=O)Nc3sc4c(c3C(=O)OCC)CCC(C)C4)n2C)cs1. The van der Waals surface area contributed by atoms with Crippen LogP contribution in [0.5, 0.6) is 0 Å². The number of rotatable bonds is 9. The van der Waals surface area contributed by atoms with Crippen molar-refractivity contribution in [1.29, 1.82) is 0 Å². The first-order valence-electron chi connectivity index (χ1n) is 11.6. The van der Waals surface area contributed by atoms with Crippen molar-refractivity contribution in [3.8, 4) is 11.4 Å². The van der Waals surface area contributed by atoms with Crippen LogP contribution >= 0.6 is 34.4 Å². The van der Waals surface area contributed by atoms with E-state index in [0.29, 0.717) is 28.2 Å². The summed E-state index contributed by atoms with van der Waals surface area (Å²) in [5, 5.41) is 15.0. The van der Waals surface area contributed by atoms with E-state index in [-0.39, 0.29) is 17.6 Å². The van der Waals surface area contributed by atoms with Crippen molar-refractivity contribution < 1.29 is 14.3 Å². The molecule has 34 heavy (non-hydrogen) atoms. The third-order valence-electron chi connectivity index (χ3n) is 5.82. The van der Waals surface area contributed by atoms with E-state index >= 15 is 0 Å². The van der Waals surface area contributed by atoms with E-state index in [1.54, 1.807) is 18.3 Å². The van der Waals surface area contributed by atoms with Gasteiger partial charge in [0.2, 0.25) is 5.91 Å². The van der Waals surface area contributed by atoms with E-state index in [1.807, 2.05) is 11.6 Å². The third-order valence-corrected chi connectivity index (χ3v) is 9.01. The second-order valence-electron chi connectivity index (χ2n) is 8.53. The molecule has 0 saturated heterocycles. The van der Waals surface area contributed by atoms with Crippen molar-refractivity contribution in [3.05, 3.63) is 32.3 Å². The minimum absolute atomic E-state index is 0.174. The summed E-state index contributed by atoms with van der Waals surface area (Å²) in [7, 11) is 1.92. The molecule has 0 aromatic carbocycles. The predicted molar refractivity (Wildman–Crippen MR) is 139 cm³/mol. The highest BCUT2D eigenvalue weighted by Crippen LogP contribution is 2.40. The standard InChI is InChI=1S/C24H30N4O3S3/c1-5-7-16-11-15(12-32-16)21-26-27-24(28(21)4)33-13-19(29)25-22-20(23(30)31-6-2)17-9-8-14(3)10-18(17)34-22/h11-12,14H,5-10,13H2,1-4H3,(H,25,29). The average molecular weight is 519 g/mol. The zero-order valence-electron chi connectivity index (χ0n) is 20.0. The maximum Gasteiger partial charge on any atom is 0.341 e. The van der Waals surface area contributed by atoms with Crippen LogP contribution in [-0.4, -0.2) is 39.0 Å².